The Morgan fingerprint density at radius 2 is 1.72 bits per heavy atom. The Labute approximate surface area is 108 Å². The van der Waals surface area contributed by atoms with Gasteiger partial charge in [-0.25, -0.2) is 4.98 Å². The van der Waals surface area contributed by atoms with E-state index in [0.29, 0.717) is 0 Å². The number of nitrogens with zero attached hydrogens (tertiary/aromatic N) is 3. The Morgan fingerprint density at radius 1 is 1.00 bits per heavy atom. The van der Waals surface area contributed by atoms with E-state index < -0.39 is 0 Å². The number of benzene rings is 1. The molecule has 0 bridgehead atoms. The summed E-state index contributed by atoms with van der Waals surface area (Å²) in [6.07, 6.45) is 6.10. The molecule has 0 atom stereocenters. The minimum absolute atomic E-state index is 1.06. The van der Waals surface area contributed by atoms with Crippen LogP contribution in [0.5, 0.6) is 0 Å². The molecule has 0 unspecified atom stereocenters. The molecule has 2 heterocycles. The predicted octanol–water partition coefficient (Wildman–Crippen LogP) is 3.17. The topological polar surface area (TPSA) is 21.1 Å². The van der Waals surface area contributed by atoms with Crippen LogP contribution in [-0.4, -0.2) is 22.6 Å². The van der Waals surface area contributed by atoms with Crippen molar-refractivity contribution >= 4 is 5.82 Å². The second kappa shape index (κ2) is 4.84. The lowest BCUT2D eigenvalue weighted by molar-refractivity contribution is 0.574. The van der Waals surface area contributed by atoms with Crippen LogP contribution in [0.1, 0.15) is 25.1 Å². The first-order valence-corrected chi connectivity index (χ1v) is 6.71. The molecular weight excluding hydrogens is 222 g/mol. The molecule has 0 radical (unpaired) electrons. The molecule has 3 nitrogen and oxygen atoms in total. The molecule has 0 spiro atoms. The van der Waals surface area contributed by atoms with Gasteiger partial charge in [0.2, 0.25) is 0 Å². The summed E-state index contributed by atoms with van der Waals surface area (Å²) in [7, 11) is 0. The van der Waals surface area contributed by atoms with Crippen molar-refractivity contribution in [2.45, 2.75) is 26.2 Å². The third-order valence-electron chi connectivity index (χ3n) is 3.58. The van der Waals surface area contributed by atoms with Gasteiger partial charge in [0.1, 0.15) is 11.6 Å². The number of hydrogen-bond acceptors (Lipinski definition) is 2. The first-order chi connectivity index (χ1) is 8.84. The number of rotatable bonds is 2. The lowest BCUT2D eigenvalue weighted by atomic mass is 10.1. The standard InChI is InChI=1S/C15H19N3/c1-13-16-15(17-10-6-3-7-11-17)12-18(13)14-8-4-2-5-9-14/h2,4-5,8-9,12H,3,6-7,10-11H2,1H3. The minimum atomic E-state index is 1.06. The number of imidazole rings is 1. The van der Waals surface area contributed by atoms with Gasteiger partial charge in [0, 0.05) is 18.8 Å². The lowest BCUT2D eigenvalue weighted by Gasteiger charge is -2.26. The fourth-order valence-corrected chi connectivity index (χ4v) is 2.58. The Morgan fingerprint density at radius 3 is 2.44 bits per heavy atom. The number of aryl methyl sites for hydroxylation is 1. The monoisotopic (exact) mass is 241 g/mol. The number of anilines is 1. The van der Waals surface area contributed by atoms with Crippen molar-refractivity contribution in [2.24, 2.45) is 0 Å². The normalized spacial score (nSPS) is 15.9. The summed E-state index contributed by atoms with van der Waals surface area (Å²) in [5, 5.41) is 0. The molecule has 0 aliphatic carbocycles. The molecule has 2 aromatic rings. The van der Waals surface area contributed by atoms with Gasteiger partial charge in [0.05, 0.1) is 6.20 Å². The van der Waals surface area contributed by atoms with Crippen LogP contribution in [0.15, 0.2) is 36.5 Å². The van der Waals surface area contributed by atoms with Crippen molar-refractivity contribution in [3.63, 3.8) is 0 Å². The number of hydrogen-bond donors (Lipinski definition) is 0. The smallest absolute Gasteiger partial charge is 0.147 e. The molecule has 94 valence electrons. The van der Waals surface area contributed by atoms with E-state index in [1.54, 1.807) is 0 Å². The quantitative estimate of drug-likeness (QED) is 0.805. The zero-order chi connectivity index (χ0) is 12.4. The summed E-state index contributed by atoms with van der Waals surface area (Å²) in [6, 6.07) is 10.4. The molecule has 0 saturated carbocycles. The van der Waals surface area contributed by atoms with Crippen molar-refractivity contribution < 1.29 is 0 Å². The van der Waals surface area contributed by atoms with Crippen LogP contribution in [0.3, 0.4) is 0 Å². The molecule has 1 aliphatic heterocycles. The van der Waals surface area contributed by atoms with E-state index in [2.05, 4.69) is 46.9 Å². The maximum atomic E-state index is 4.70. The highest BCUT2D eigenvalue weighted by Crippen LogP contribution is 2.21. The van der Waals surface area contributed by atoms with Crippen LogP contribution in [0.25, 0.3) is 5.69 Å². The van der Waals surface area contributed by atoms with Gasteiger partial charge in [-0.3, -0.25) is 0 Å². The first-order valence-electron chi connectivity index (χ1n) is 6.71. The molecule has 3 rings (SSSR count). The average molecular weight is 241 g/mol. The fraction of sp³-hybridized carbons (Fsp3) is 0.400. The Balaban J connectivity index is 1.91. The highest BCUT2D eigenvalue weighted by molar-refractivity contribution is 5.43. The van der Waals surface area contributed by atoms with E-state index in [-0.39, 0.29) is 0 Å². The summed E-state index contributed by atoms with van der Waals surface area (Å²) in [4.78, 5) is 7.10. The van der Waals surface area contributed by atoms with E-state index in [1.807, 2.05) is 6.07 Å². The zero-order valence-corrected chi connectivity index (χ0v) is 10.8. The van der Waals surface area contributed by atoms with Gasteiger partial charge >= 0.3 is 0 Å². The van der Waals surface area contributed by atoms with E-state index in [4.69, 9.17) is 4.98 Å². The van der Waals surface area contributed by atoms with E-state index in [0.717, 1.165) is 24.7 Å². The molecule has 1 aromatic heterocycles. The van der Waals surface area contributed by atoms with Crippen LogP contribution >= 0.6 is 0 Å². The van der Waals surface area contributed by atoms with Crippen LogP contribution < -0.4 is 4.90 Å². The summed E-state index contributed by atoms with van der Waals surface area (Å²) < 4.78 is 2.17. The van der Waals surface area contributed by atoms with Crippen LogP contribution in [0, 0.1) is 6.92 Å². The minimum Gasteiger partial charge on any atom is -0.355 e. The largest absolute Gasteiger partial charge is 0.355 e. The first kappa shape index (κ1) is 11.3. The Hall–Kier alpha value is -1.77. The summed E-state index contributed by atoms with van der Waals surface area (Å²) in [5.41, 5.74) is 1.19. The molecular formula is C15H19N3. The van der Waals surface area contributed by atoms with Gasteiger partial charge in [-0.1, -0.05) is 18.2 Å². The van der Waals surface area contributed by atoms with E-state index >= 15 is 0 Å². The SMILES string of the molecule is Cc1nc(N2CCCCC2)cn1-c1ccccc1. The van der Waals surface area contributed by atoms with Crippen molar-refractivity contribution in [1.29, 1.82) is 0 Å². The van der Waals surface area contributed by atoms with Gasteiger partial charge in [0.25, 0.3) is 0 Å². The Bertz CT molecular complexity index is 510. The summed E-state index contributed by atoms with van der Waals surface area (Å²) >= 11 is 0. The van der Waals surface area contributed by atoms with Crippen molar-refractivity contribution in [3.8, 4) is 5.69 Å². The number of piperidine rings is 1. The summed E-state index contributed by atoms with van der Waals surface area (Å²) in [6.45, 7) is 4.36. The zero-order valence-electron chi connectivity index (χ0n) is 10.8. The fourth-order valence-electron chi connectivity index (χ4n) is 2.58. The third-order valence-corrected chi connectivity index (χ3v) is 3.58. The van der Waals surface area contributed by atoms with Gasteiger partial charge in [0.15, 0.2) is 0 Å². The van der Waals surface area contributed by atoms with Crippen molar-refractivity contribution in [3.05, 3.63) is 42.4 Å². The number of aromatic nitrogens is 2. The molecule has 1 saturated heterocycles. The molecule has 1 fully saturated rings. The van der Waals surface area contributed by atoms with Crippen LogP contribution in [0.4, 0.5) is 5.82 Å². The second-order valence-corrected chi connectivity index (χ2v) is 4.90. The Kier molecular flexibility index (Phi) is 3.05. The van der Waals surface area contributed by atoms with Gasteiger partial charge in [-0.15, -0.1) is 0 Å². The highest BCUT2D eigenvalue weighted by Gasteiger charge is 2.15. The van der Waals surface area contributed by atoms with E-state index in [9.17, 15) is 0 Å². The van der Waals surface area contributed by atoms with Crippen LogP contribution in [-0.2, 0) is 0 Å². The van der Waals surface area contributed by atoms with Gasteiger partial charge in [-0.05, 0) is 38.3 Å². The third kappa shape index (κ3) is 2.13. The maximum absolute atomic E-state index is 4.70. The lowest BCUT2D eigenvalue weighted by Crippen LogP contribution is -2.29. The molecule has 18 heavy (non-hydrogen) atoms. The van der Waals surface area contributed by atoms with Gasteiger partial charge < -0.3 is 9.47 Å². The highest BCUT2D eigenvalue weighted by atomic mass is 15.2. The summed E-state index contributed by atoms with van der Waals surface area (Å²) in [5.74, 6) is 2.18. The van der Waals surface area contributed by atoms with Crippen molar-refractivity contribution in [2.75, 3.05) is 18.0 Å². The maximum Gasteiger partial charge on any atom is 0.147 e. The molecule has 1 aromatic carbocycles. The molecule has 3 heteroatoms. The molecule has 0 amide bonds. The van der Waals surface area contributed by atoms with E-state index in [1.165, 1.54) is 24.9 Å². The molecule has 1 aliphatic rings. The number of para-hydroxylation sites is 1. The van der Waals surface area contributed by atoms with Crippen LogP contribution in [0.2, 0.25) is 0 Å². The van der Waals surface area contributed by atoms with Crippen molar-refractivity contribution in [1.82, 2.24) is 9.55 Å². The van der Waals surface area contributed by atoms with Gasteiger partial charge in [-0.2, -0.15) is 0 Å². The second-order valence-electron chi connectivity index (χ2n) is 4.90. The average Bonchev–Trinajstić information content (AvgIpc) is 2.83. The predicted molar refractivity (Wildman–Crippen MR) is 74.4 cm³/mol. The molecule has 0 N–H and O–H groups in total.